The molecule has 0 saturated heterocycles. The van der Waals surface area contributed by atoms with Gasteiger partial charge in [-0.15, -0.1) is 0 Å². The zero-order chi connectivity index (χ0) is 20.8. The number of rotatable bonds is 7. The summed E-state index contributed by atoms with van der Waals surface area (Å²) in [6.07, 6.45) is 0. The van der Waals surface area contributed by atoms with Crippen molar-refractivity contribution in [2.24, 2.45) is 0 Å². The van der Waals surface area contributed by atoms with Gasteiger partial charge in [0.1, 0.15) is 6.61 Å². The molecule has 0 spiro atoms. The molecule has 3 rings (SSSR count). The van der Waals surface area contributed by atoms with E-state index >= 15 is 0 Å². The SMILES string of the molecule is COc1c(Cl)cc(C(=O)Nc2cccc([N+](=O)[O-])c2)cc1OCc1ccccc1. The van der Waals surface area contributed by atoms with Crippen molar-refractivity contribution in [1.82, 2.24) is 0 Å². The van der Waals surface area contributed by atoms with Crippen LogP contribution in [0.2, 0.25) is 5.02 Å². The van der Waals surface area contributed by atoms with Crippen LogP contribution >= 0.6 is 11.6 Å². The molecule has 0 aromatic heterocycles. The second-order valence-corrected chi connectivity index (χ2v) is 6.43. The average Bonchev–Trinajstić information content (AvgIpc) is 2.72. The molecule has 0 unspecified atom stereocenters. The van der Waals surface area contributed by atoms with Crippen LogP contribution in [0.1, 0.15) is 15.9 Å². The van der Waals surface area contributed by atoms with Crippen LogP contribution in [-0.2, 0) is 6.61 Å². The Bertz CT molecular complexity index is 1040. The molecule has 0 aliphatic carbocycles. The molecule has 29 heavy (non-hydrogen) atoms. The molecule has 1 amide bonds. The molecule has 0 heterocycles. The van der Waals surface area contributed by atoms with E-state index in [0.717, 1.165) is 5.56 Å². The number of carbonyl (C=O) groups excluding carboxylic acids is 1. The molecule has 0 aliphatic heterocycles. The number of nitro groups is 1. The van der Waals surface area contributed by atoms with E-state index in [4.69, 9.17) is 21.1 Å². The summed E-state index contributed by atoms with van der Waals surface area (Å²) in [6, 6.07) is 18.1. The Balaban J connectivity index is 1.83. The highest BCUT2D eigenvalue weighted by atomic mass is 35.5. The van der Waals surface area contributed by atoms with Gasteiger partial charge in [-0.3, -0.25) is 14.9 Å². The number of nitrogens with one attached hydrogen (secondary N) is 1. The number of benzene rings is 3. The summed E-state index contributed by atoms with van der Waals surface area (Å²) in [5.74, 6) is 0.141. The van der Waals surface area contributed by atoms with Crippen molar-refractivity contribution >= 4 is 28.9 Å². The predicted octanol–water partition coefficient (Wildman–Crippen LogP) is 5.09. The van der Waals surface area contributed by atoms with Gasteiger partial charge in [0.2, 0.25) is 0 Å². The monoisotopic (exact) mass is 412 g/mol. The Morgan fingerprint density at radius 2 is 1.86 bits per heavy atom. The Hall–Kier alpha value is -3.58. The van der Waals surface area contributed by atoms with E-state index < -0.39 is 10.8 Å². The van der Waals surface area contributed by atoms with Gasteiger partial charge in [0.05, 0.1) is 17.1 Å². The highest BCUT2D eigenvalue weighted by Crippen LogP contribution is 2.37. The molecule has 3 aromatic carbocycles. The third-order valence-electron chi connectivity index (χ3n) is 4.03. The number of anilines is 1. The maximum absolute atomic E-state index is 12.6. The van der Waals surface area contributed by atoms with Gasteiger partial charge >= 0.3 is 0 Å². The highest BCUT2D eigenvalue weighted by molar-refractivity contribution is 6.32. The second-order valence-electron chi connectivity index (χ2n) is 6.03. The van der Waals surface area contributed by atoms with Gasteiger partial charge in [-0.05, 0) is 23.8 Å². The van der Waals surface area contributed by atoms with Gasteiger partial charge in [0.15, 0.2) is 11.5 Å². The number of nitrogens with zero attached hydrogens (tertiary/aromatic N) is 1. The average molecular weight is 413 g/mol. The number of methoxy groups -OCH3 is 1. The minimum Gasteiger partial charge on any atom is -0.491 e. The first-order valence-corrected chi connectivity index (χ1v) is 8.96. The number of hydrogen-bond acceptors (Lipinski definition) is 5. The molecule has 0 bridgehead atoms. The zero-order valence-corrected chi connectivity index (χ0v) is 16.2. The Labute approximate surface area is 172 Å². The van der Waals surface area contributed by atoms with Crippen molar-refractivity contribution in [1.29, 1.82) is 0 Å². The first-order chi connectivity index (χ1) is 14.0. The van der Waals surface area contributed by atoms with E-state index in [9.17, 15) is 14.9 Å². The molecular formula is C21H17ClN2O5. The topological polar surface area (TPSA) is 90.7 Å². The Morgan fingerprint density at radius 1 is 1.10 bits per heavy atom. The normalized spacial score (nSPS) is 10.3. The number of carbonyl (C=O) groups is 1. The number of hydrogen-bond donors (Lipinski definition) is 1. The van der Waals surface area contributed by atoms with E-state index in [2.05, 4.69) is 5.32 Å². The fraction of sp³-hybridized carbons (Fsp3) is 0.0952. The lowest BCUT2D eigenvalue weighted by Crippen LogP contribution is -2.12. The van der Waals surface area contributed by atoms with Crippen molar-refractivity contribution in [2.45, 2.75) is 6.61 Å². The summed E-state index contributed by atoms with van der Waals surface area (Å²) in [5, 5.41) is 13.7. The molecule has 7 nitrogen and oxygen atoms in total. The molecule has 0 fully saturated rings. The second kappa shape index (κ2) is 9.07. The molecule has 8 heteroatoms. The maximum Gasteiger partial charge on any atom is 0.271 e. The Kier molecular flexibility index (Phi) is 6.31. The summed E-state index contributed by atoms with van der Waals surface area (Å²) >= 11 is 6.26. The van der Waals surface area contributed by atoms with Crippen molar-refractivity contribution in [3.8, 4) is 11.5 Å². The maximum atomic E-state index is 12.6. The van der Waals surface area contributed by atoms with Gasteiger partial charge in [-0.1, -0.05) is 48.0 Å². The van der Waals surface area contributed by atoms with Gasteiger partial charge in [0, 0.05) is 23.4 Å². The van der Waals surface area contributed by atoms with Gasteiger partial charge in [0.25, 0.3) is 11.6 Å². The van der Waals surface area contributed by atoms with E-state index in [0.29, 0.717) is 17.2 Å². The summed E-state index contributed by atoms with van der Waals surface area (Å²) in [6.45, 7) is 0.267. The number of non-ortho nitro benzene ring substituents is 1. The first-order valence-electron chi connectivity index (χ1n) is 8.58. The van der Waals surface area contributed by atoms with Crippen LogP contribution in [0.25, 0.3) is 0 Å². The van der Waals surface area contributed by atoms with Crippen LogP contribution in [0.4, 0.5) is 11.4 Å². The van der Waals surface area contributed by atoms with Gasteiger partial charge in [-0.25, -0.2) is 0 Å². The van der Waals surface area contributed by atoms with Crippen molar-refractivity contribution < 1.29 is 19.2 Å². The predicted molar refractivity (Wildman–Crippen MR) is 110 cm³/mol. The van der Waals surface area contributed by atoms with Crippen molar-refractivity contribution in [2.75, 3.05) is 12.4 Å². The van der Waals surface area contributed by atoms with Crippen LogP contribution in [-0.4, -0.2) is 17.9 Å². The fourth-order valence-corrected chi connectivity index (χ4v) is 2.93. The quantitative estimate of drug-likeness (QED) is 0.431. The summed E-state index contributed by atoms with van der Waals surface area (Å²) in [7, 11) is 1.46. The molecule has 0 saturated carbocycles. The summed E-state index contributed by atoms with van der Waals surface area (Å²) in [5.41, 5.74) is 1.34. The smallest absolute Gasteiger partial charge is 0.271 e. The lowest BCUT2D eigenvalue weighted by molar-refractivity contribution is -0.384. The standard InChI is InChI=1S/C21H17ClN2O5/c1-28-20-18(22)10-15(11-19(20)29-13-14-6-3-2-4-7-14)21(25)23-16-8-5-9-17(12-16)24(26)27/h2-12H,13H2,1H3,(H,23,25). The van der Waals surface area contributed by atoms with Crippen LogP contribution in [0, 0.1) is 10.1 Å². The highest BCUT2D eigenvalue weighted by Gasteiger charge is 2.17. The van der Waals surface area contributed by atoms with Crippen molar-refractivity contribution in [3.05, 3.63) is 93.0 Å². The first kappa shape index (κ1) is 20.2. The molecule has 1 N–H and O–H groups in total. The van der Waals surface area contributed by atoms with E-state index in [-0.39, 0.29) is 22.9 Å². The minimum atomic E-state index is -0.532. The van der Waals surface area contributed by atoms with Crippen LogP contribution in [0.15, 0.2) is 66.7 Å². The fourth-order valence-electron chi connectivity index (χ4n) is 2.64. The molecule has 0 atom stereocenters. The lowest BCUT2D eigenvalue weighted by Gasteiger charge is -2.14. The van der Waals surface area contributed by atoms with Crippen LogP contribution in [0.5, 0.6) is 11.5 Å². The molecule has 148 valence electrons. The Morgan fingerprint density at radius 3 is 2.55 bits per heavy atom. The lowest BCUT2D eigenvalue weighted by atomic mass is 10.1. The third-order valence-corrected chi connectivity index (χ3v) is 4.31. The van der Waals surface area contributed by atoms with Crippen molar-refractivity contribution in [3.63, 3.8) is 0 Å². The van der Waals surface area contributed by atoms with E-state index in [1.165, 1.54) is 37.4 Å². The van der Waals surface area contributed by atoms with E-state index in [1.807, 2.05) is 30.3 Å². The number of halogens is 1. The molecule has 0 radical (unpaired) electrons. The number of nitro benzene ring substituents is 1. The number of amides is 1. The largest absolute Gasteiger partial charge is 0.491 e. The summed E-state index contributed by atoms with van der Waals surface area (Å²) < 4.78 is 11.1. The minimum absolute atomic E-state index is 0.123. The zero-order valence-electron chi connectivity index (χ0n) is 15.4. The molecule has 3 aromatic rings. The molecule has 0 aliphatic rings. The van der Waals surface area contributed by atoms with Crippen LogP contribution in [0.3, 0.4) is 0 Å². The summed E-state index contributed by atoms with van der Waals surface area (Å²) in [4.78, 5) is 23.0. The van der Waals surface area contributed by atoms with Crippen LogP contribution < -0.4 is 14.8 Å². The van der Waals surface area contributed by atoms with Gasteiger partial charge < -0.3 is 14.8 Å². The van der Waals surface area contributed by atoms with Gasteiger partial charge in [-0.2, -0.15) is 0 Å². The molecular weight excluding hydrogens is 396 g/mol. The number of ether oxygens (including phenoxy) is 2. The van der Waals surface area contributed by atoms with E-state index in [1.54, 1.807) is 6.07 Å². The third kappa shape index (κ3) is 5.03.